The molecule has 1 N–H and O–H groups in total. The highest BCUT2D eigenvalue weighted by Gasteiger charge is 2.10. The Morgan fingerprint density at radius 2 is 2.25 bits per heavy atom. The van der Waals surface area contributed by atoms with E-state index in [9.17, 15) is 4.39 Å². The molecule has 2 rings (SSSR count). The summed E-state index contributed by atoms with van der Waals surface area (Å²) >= 11 is 0. The summed E-state index contributed by atoms with van der Waals surface area (Å²) in [6.07, 6.45) is 4.28. The van der Waals surface area contributed by atoms with Gasteiger partial charge < -0.3 is 14.6 Å². The largest absolute Gasteiger partial charge is 0.490 e. The first-order valence-corrected chi connectivity index (χ1v) is 6.79. The number of aryl methyl sites for hydroxylation is 1. The van der Waals surface area contributed by atoms with Gasteiger partial charge in [-0.3, -0.25) is 0 Å². The molecule has 0 spiro atoms. The van der Waals surface area contributed by atoms with Crippen LogP contribution in [0.5, 0.6) is 5.75 Å². The second-order valence-electron chi connectivity index (χ2n) is 4.56. The zero-order valence-electron chi connectivity index (χ0n) is 11.9. The third kappa shape index (κ3) is 3.57. The van der Waals surface area contributed by atoms with Gasteiger partial charge in [-0.2, -0.15) is 0 Å². The van der Waals surface area contributed by atoms with Crippen LogP contribution in [0.3, 0.4) is 0 Å². The fourth-order valence-corrected chi connectivity index (χ4v) is 2.00. The number of hydrogen-bond acceptors (Lipinski definition) is 3. The molecule has 0 radical (unpaired) electrons. The van der Waals surface area contributed by atoms with Crippen molar-refractivity contribution in [2.75, 3.05) is 13.2 Å². The molecule has 2 aromatic rings. The predicted molar refractivity (Wildman–Crippen MR) is 76.2 cm³/mol. The molecule has 0 unspecified atom stereocenters. The van der Waals surface area contributed by atoms with Crippen LogP contribution in [0.2, 0.25) is 0 Å². The predicted octanol–water partition coefficient (Wildman–Crippen LogP) is 2.29. The van der Waals surface area contributed by atoms with Gasteiger partial charge in [0.1, 0.15) is 5.82 Å². The lowest BCUT2D eigenvalue weighted by Crippen LogP contribution is -2.14. The Balaban J connectivity index is 1.99. The van der Waals surface area contributed by atoms with Crippen molar-refractivity contribution in [3.8, 4) is 5.75 Å². The van der Waals surface area contributed by atoms with Crippen molar-refractivity contribution in [3.63, 3.8) is 0 Å². The molecule has 0 amide bonds. The molecule has 108 valence electrons. The van der Waals surface area contributed by atoms with Crippen LogP contribution >= 0.6 is 0 Å². The average Bonchev–Trinajstić information content (AvgIpc) is 2.84. The number of nitrogens with zero attached hydrogens (tertiary/aromatic N) is 2. The van der Waals surface area contributed by atoms with E-state index in [1.165, 1.54) is 6.07 Å². The maximum absolute atomic E-state index is 13.8. The highest BCUT2D eigenvalue weighted by Crippen LogP contribution is 2.22. The number of halogens is 1. The van der Waals surface area contributed by atoms with E-state index < -0.39 is 0 Å². The van der Waals surface area contributed by atoms with Gasteiger partial charge in [0.25, 0.3) is 0 Å². The first-order valence-electron chi connectivity index (χ1n) is 6.79. The van der Waals surface area contributed by atoms with Gasteiger partial charge in [-0.1, -0.05) is 19.1 Å². The zero-order valence-corrected chi connectivity index (χ0v) is 11.9. The van der Waals surface area contributed by atoms with E-state index >= 15 is 0 Å². The molecular formula is C15H20FN3O. The monoisotopic (exact) mass is 277 g/mol. The van der Waals surface area contributed by atoms with Crippen molar-refractivity contribution in [2.45, 2.75) is 19.9 Å². The van der Waals surface area contributed by atoms with E-state index in [1.807, 2.05) is 30.8 Å². The van der Waals surface area contributed by atoms with Crippen molar-refractivity contribution in [3.05, 3.63) is 47.8 Å². The summed E-state index contributed by atoms with van der Waals surface area (Å²) in [5.74, 6) is 0.942. The minimum absolute atomic E-state index is 0.319. The van der Waals surface area contributed by atoms with Gasteiger partial charge in [0.15, 0.2) is 11.6 Å². The number of aromatic nitrogens is 2. The van der Waals surface area contributed by atoms with Crippen LogP contribution in [-0.2, 0) is 20.0 Å². The van der Waals surface area contributed by atoms with E-state index in [4.69, 9.17) is 4.74 Å². The number of hydrogen-bond donors (Lipinski definition) is 1. The van der Waals surface area contributed by atoms with E-state index in [2.05, 4.69) is 10.3 Å². The molecule has 5 heteroatoms. The van der Waals surface area contributed by atoms with E-state index in [0.29, 0.717) is 25.3 Å². The smallest absolute Gasteiger partial charge is 0.165 e. The Hall–Kier alpha value is -1.88. The summed E-state index contributed by atoms with van der Waals surface area (Å²) < 4.78 is 21.4. The number of imidazole rings is 1. The molecule has 0 atom stereocenters. The second-order valence-corrected chi connectivity index (χ2v) is 4.56. The summed E-state index contributed by atoms with van der Waals surface area (Å²) in [6, 6.07) is 5.00. The molecule has 0 aliphatic rings. The number of benzene rings is 1. The molecule has 0 aliphatic heterocycles. The third-order valence-corrected chi connectivity index (χ3v) is 3.11. The lowest BCUT2D eigenvalue weighted by Gasteiger charge is -2.12. The summed E-state index contributed by atoms with van der Waals surface area (Å²) in [7, 11) is 1.93. The Morgan fingerprint density at radius 1 is 1.40 bits per heavy atom. The normalized spacial score (nSPS) is 10.8. The van der Waals surface area contributed by atoms with Gasteiger partial charge in [0, 0.05) is 38.0 Å². The van der Waals surface area contributed by atoms with Crippen LogP contribution < -0.4 is 10.1 Å². The van der Waals surface area contributed by atoms with Gasteiger partial charge in [0.05, 0.1) is 6.61 Å². The molecule has 20 heavy (non-hydrogen) atoms. The fourth-order valence-electron chi connectivity index (χ4n) is 2.00. The summed E-state index contributed by atoms with van der Waals surface area (Å²) in [6.45, 7) is 3.86. The highest BCUT2D eigenvalue weighted by atomic mass is 19.1. The fraction of sp³-hybridized carbons (Fsp3) is 0.400. The molecule has 1 heterocycles. The zero-order chi connectivity index (χ0) is 14.4. The van der Waals surface area contributed by atoms with Crippen molar-refractivity contribution >= 4 is 0 Å². The Bertz CT molecular complexity index is 554. The van der Waals surface area contributed by atoms with Crippen molar-refractivity contribution < 1.29 is 9.13 Å². The van der Waals surface area contributed by atoms with Gasteiger partial charge in [-0.15, -0.1) is 0 Å². The SMILES string of the molecule is CCNCc1cccc(F)c1OCCc1nccn1C. The van der Waals surface area contributed by atoms with Crippen molar-refractivity contribution in [1.29, 1.82) is 0 Å². The molecule has 0 bridgehead atoms. The third-order valence-electron chi connectivity index (χ3n) is 3.11. The molecule has 1 aromatic heterocycles. The van der Waals surface area contributed by atoms with Gasteiger partial charge in [-0.05, 0) is 12.6 Å². The molecule has 0 fully saturated rings. The van der Waals surface area contributed by atoms with E-state index in [-0.39, 0.29) is 5.82 Å². The van der Waals surface area contributed by atoms with Crippen LogP contribution in [-0.4, -0.2) is 22.7 Å². The Kier molecular flexibility index (Phi) is 5.12. The lowest BCUT2D eigenvalue weighted by molar-refractivity contribution is 0.297. The van der Waals surface area contributed by atoms with Crippen LogP contribution in [0.15, 0.2) is 30.6 Å². The Morgan fingerprint density at radius 3 is 2.95 bits per heavy atom. The molecule has 1 aromatic carbocycles. The molecule has 0 aliphatic carbocycles. The maximum Gasteiger partial charge on any atom is 0.165 e. The second kappa shape index (κ2) is 7.05. The standard InChI is InChI=1S/C15H20FN3O/c1-3-17-11-12-5-4-6-13(16)15(12)20-10-7-14-18-8-9-19(14)2/h4-6,8-9,17H,3,7,10-11H2,1-2H3. The molecular weight excluding hydrogens is 257 g/mol. The summed E-state index contributed by atoms with van der Waals surface area (Å²) in [5.41, 5.74) is 0.840. The number of rotatable bonds is 7. The summed E-state index contributed by atoms with van der Waals surface area (Å²) in [5, 5.41) is 3.18. The van der Waals surface area contributed by atoms with E-state index in [1.54, 1.807) is 12.3 Å². The first kappa shape index (κ1) is 14.5. The minimum Gasteiger partial charge on any atom is -0.490 e. The average molecular weight is 277 g/mol. The number of nitrogens with one attached hydrogen (secondary N) is 1. The van der Waals surface area contributed by atoms with E-state index in [0.717, 1.165) is 17.9 Å². The number of ether oxygens (including phenoxy) is 1. The molecule has 0 saturated heterocycles. The molecule has 0 saturated carbocycles. The Labute approximate surface area is 118 Å². The van der Waals surface area contributed by atoms with Crippen molar-refractivity contribution in [1.82, 2.24) is 14.9 Å². The maximum atomic E-state index is 13.8. The topological polar surface area (TPSA) is 39.1 Å². The van der Waals surface area contributed by atoms with Crippen LogP contribution in [0.1, 0.15) is 18.3 Å². The van der Waals surface area contributed by atoms with Gasteiger partial charge >= 0.3 is 0 Å². The van der Waals surface area contributed by atoms with Crippen LogP contribution in [0, 0.1) is 5.82 Å². The van der Waals surface area contributed by atoms with Crippen LogP contribution in [0.4, 0.5) is 4.39 Å². The van der Waals surface area contributed by atoms with Crippen molar-refractivity contribution in [2.24, 2.45) is 7.05 Å². The first-order chi connectivity index (χ1) is 9.72. The summed E-state index contributed by atoms with van der Waals surface area (Å²) in [4.78, 5) is 4.22. The highest BCUT2D eigenvalue weighted by molar-refractivity contribution is 5.34. The van der Waals surface area contributed by atoms with Crippen LogP contribution in [0.25, 0.3) is 0 Å². The lowest BCUT2D eigenvalue weighted by atomic mass is 10.2. The van der Waals surface area contributed by atoms with Gasteiger partial charge in [0.2, 0.25) is 0 Å². The number of para-hydroxylation sites is 1. The van der Waals surface area contributed by atoms with Gasteiger partial charge in [-0.25, -0.2) is 9.37 Å². The quantitative estimate of drug-likeness (QED) is 0.844. The minimum atomic E-state index is -0.319. The molecule has 4 nitrogen and oxygen atoms in total.